The van der Waals surface area contributed by atoms with Gasteiger partial charge in [0.25, 0.3) is 0 Å². The number of benzene rings is 1. The van der Waals surface area contributed by atoms with E-state index in [0.29, 0.717) is 16.7 Å². The SMILES string of the molecule is NC(Cc1cccc(Cl)c1)c1ccoc1Cl. The van der Waals surface area contributed by atoms with E-state index in [-0.39, 0.29) is 6.04 Å². The Bertz CT molecular complexity index is 481. The molecule has 0 radical (unpaired) electrons. The van der Waals surface area contributed by atoms with Crippen molar-refractivity contribution in [1.82, 2.24) is 0 Å². The second-order valence-electron chi connectivity index (χ2n) is 3.59. The van der Waals surface area contributed by atoms with Crippen molar-refractivity contribution in [1.29, 1.82) is 0 Å². The van der Waals surface area contributed by atoms with Crippen LogP contribution in [-0.4, -0.2) is 0 Å². The lowest BCUT2D eigenvalue weighted by Crippen LogP contribution is -2.12. The van der Waals surface area contributed by atoms with E-state index in [1.807, 2.05) is 24.3 Å². The Labute approximate surface area is 104 Å². The maximum atomic E-state index is 6.03. The van der Waals surface area contributed by atoms with E-state index in [1.54, 1.807) is 6.07 Å². The Balaban J connectivity index is 2.14. The summed E-state index contributed by atoms with van der Waals surface area (Å²) in [5, 5.41) is 1.07. The minimum absolute atomic E-state index is 0.176. The molecule has 16 heavy (non-hydrogen) atoms. The van der Waals surface area contributed by atoms with Crippen molar-refractivity contribution in [3.05, 3.63) is 58.0 Å². The van der Waals surface area contributed by atoms with E-state index < -0.39 is 0 Å². The van der Waals surface area contributed by atoms with Gasteiger partial charge in [-0.25, -0.2) is 0 Å². The minimum atomic E-state index is -0.176. The molecule has 4 heteroatoms. The lowest BCUT2D eigenvalue weighted by molar-refractivity contribution is 0.560. The second kappa shape index (κ2) is 4.91. The molecule has 2 aromatic rings. The summed E-state index contributed by atoms with van der Waals surface area (Å²) in [5.41, 5.74) is 7.94. The van der Waals surface area contributed by atoms with Crippen LogP contribution in [0.1, 0.15) is 17.2 Å². The summed E-state index contributed by atoms with van der Waals surface area (Å²) in [6, 6.07) is 9.24. The molecule has 0 aliphatic carbocycles. The van der Waals surface area contributed by atoms with Crippen LogP contribution in [0.5, 0.6) is 0 Å². The van der Waals surface area contributed by atoms with E-state index in [2.05, 4.69) is 0 Å². The third-order valence-electron chi connectivity index (χ3n) is 2.39. The molecule has 0 aliphatic rings. The van der Waals surface area contributed by atoms with Gasteiger partial charge in [0.1, 0.15) is 0 Å². The van der Waals surface area contributed by atoms with Crippen LogP contribution >= 0.6 is 23.2 Å². The highest BCUT2D eigenvalue weighted by Crippen LogP contribution is 2.25. The first-order valence-electron chi connectivity index (χ1n) is 4.89. The van der Waals surface area contributed by atoms with E-state index in [1.165, 1.54) is 6.26 Å². The average Bonchev–Trinajstić information content (AvgIpc) is 2.64. The molecular weight excluding hydrogens is 245 g/mol. The first-order valence-corrected chi connectivity index (χ1v) is 5.65. The Morgan fingerprint density at radius 3 is 2.69 bits per heavy atom. The molecule has 0 amide bonds. The van der Waals surface area contributed by atoms with E-state index >= 15 is 0 Å². The molecule has 1 heterocycles. The zero-order valence-electron chi connectivity index (χ0n) is 8.49. The van der Waals surface area contributed by atoms with E-state index in [4.69, 9.17) is 33.4 Å². The molecule has 84 valence electrons. The molecule has 1 aromatic heterocycles. The molecule has 0 saturated carbocycles. The average molecular weight is 256 g/mol. The molecule has 0 bridgehead atoms. The lowest BCUT2D eigenvalue weighted by atomic mass is 10.0. The monoisotopic (exact) mass is 255 g/mol. The van der Waals surface area contributed by atoms with Gasteiger partial charge >= 0.3 is 0 Å². The van der Waals surface area contributed by atoms with Crippen LogP contribution in [0.4, 0.5) is 0 Å². The third-order valence-corrected chi connectivity index (χ3v) is 2.93. The smallest absolute Gasteiger partial charge is 0.197 e. The Morgan fingerprint density at radius 2 is 2.06 bits per heavy atom. The number of furan rings is 1. The molecule has 0 saturated heterocycles. The fraction of sp³-hybridized carbons (Fsp3) is 0.167. The van der Waals surface area contributed by atoms with Gasteiger partial charge in [-0.3, -0.25) is 0 Å². The number of nitrogens with two attached hydrogens (primary N) is 1. The van der Waals surface area contributed by atoms with Crippen LogP contribution in [0.15, 0.2) is 41.0 Å². The number of hydrogen-bond acceptors (Lipinski definition) is 2. The van der Waals surface area contributed by atoms with Crippen LogP contribution < -0.4 is 5.73 Å². The summed E-state index contributed by atoms with van der Waals surface area (Å²) in [5.74, 6) is 0. The van der Waals surface area contributed by atoms with Crippen molar-refractivity contribution in [2.45, 2.75) is 12.5 Å². The molecule has 0 fully saturated rings. The first kappa shape index (κ1) is 11.5. The van der Waals surface area contributed by atoms with Crippen molar-refractivity contribution in [2.24, 2.45) is 5.73 Å². The van der Waals surface area contributed by atoms with Crippen molar-refractivity contribution in [3.8, 4) is 0 Å². The molecule has 1 unspecified atom stereocenters. The second-order valence-corrected chi connectivity index (χ2v) is 4.37. The van der Waals surface area contributed by atoms with E-state index in [9.17, 15) is 0 Å². The molecule has 2 N–H and O–H groups in total. The quantitative estimate of drug-likeness (QED) is 0.906. The predicted octanol–water partition coefficient (Wildman–Crippen LogP) is 3.83. The summed E-state index contributed by atoms with van der Waals surface area (Å²) in [6.07, 6.45) is 2.22. The molecule has 2 rings (SSSR count). The third kappa shape index (κ3) is 2.59. The fourth-order valence-corrected chi connectivity index (χ4v) is 2.07. The summed E-state index contributed by atoms with van der Waals surface area (Å²) in [4.78, 5) is 0. The van der Waals surface area contributed by atoms with Gasteiger partial charge in [0.2, 0.25) is 0 Å². The predicted molar refractivity (Wildman–Crippen MR) is 65.8 cm³/mol. The van der Waals surface area contributed by atoms with Gasteiger partial charge in [-0.1, -0.05) is 23.7 Å². The van der Waals surface area contributed by atoms with Gasteiger partial charge in [-0.2, -0.15) is 0 Å². The van der Waals surface area contributed by atoms with Crippen LogP contribution in [-0.2, 0) is 6.42 Å². The van der Waals surface area contributed by atoms with E-state index in [0.717, 1.165) is 11.1 Å². The van der Waals surface area contributed by atoms with Crippen LogP contribution in [0.2, 0.25) is 10.2 Å². The summed E-state index contributed by atoms with van der Waals surface area (Å²) in [6.45, 7) is 0. The van der Waals surface area contributed by atoms with Crippen molar-refractivity contribution in [3.63, 3.8) is 0 Å². The number of halogens is 2. The Kier molecular flexibility index (Phi) is 3.54. The van der Waals surface area contributed by atoms with Crippen LogP contribution in [0.3, 0.4) is 0 Å². The highest BCUT2D eigenvalue weighted by Gasteiger charge is 2.13. The van der Waals surface area contributed by atoms with Crippen LogP contribution in [0.25, 0.3) is 0 Å². The molecule has 1 atom stereocenters. The highest BCUT2D eigenvalue weighted by molar-refractivity contribution is 6.30. The first-order chi connectivity index (χ1) is 7.66. The van der Waals surface area contributed by atoms with Gasteiger partial charge in [0.05, 0.1) is 6.26 Å². The maximum Gasteiger partial charge on any atom is 0.197 e. The number of rotatable bonds is 3. The Hall–Kier alpha value is -0.960. The molecule has 1 aromatic carbocycles. The molecule has 2 nitrogen and oxygen atoms in total. The van der Waals surface area contributed by atoms with Gasteiger partial charge in [0.15, 0.2) is 5.22 Å². The maximum absolute atomic E-state index is 6.03. The molecule has 0 spiro atoms. The zero-order chi connectivity index (χ0) is 11.5. The summed E-state index contributed by atoms with van der Waals surface area (Å²) >= 11 is 11.8. The zero-order valence-corrected chi connectivity index (χ0v) is 10.0. The molecule has 0 aliphatic heterocycles. The summed E-state index contributed by atoms with van der Waals surface area (Å²) in [7, 11) is 0. The fourth-order valence-electron chi connectivity index (χ4n) is 1.60. The Morgan fingerprint density at radius 1 is 1.25 bits per heavy atom. The molecular formula is C12H11Cl2NO. The van der Waals surface area contributed by atoms with Crippen molar-refractivity contribution < 1.29 is 4.42 Å². The van der Waals surface area contributed by atoms with Crippen molar-refractivity contribution >= 4 is 23.2 Å². The van der Waals surface area contributed by atoms with Crippen molar-refractivity contribution in [2.75, 3.05) is 0 Å². The van der Waals surface area contributed by atoms with Gasteiger partial charge in [-0.15, -0.1) is 0 Å². The lowest BCUT2D eigenvalue weighted by Gasteiger charge is -2.10. The number of hydrogen-bond donors (Lipinski definition) is 1. The topological polar surface area (TPSA) is 39.2 Å². The van der Waals surface area contributed by atoms with Crippen LogP contribution in [0, 0.1) is 0 Å². The van der Waals surface area contributed by atoms with Gasteiger partial charge in [0, 0.05) is 16.6 Å². The minimum Gasteiger partial charge on any atom is -0.453 e. The normalized spacial score (nSPS) is 12.7. The van der Waals surface area contributed by atoms with Gasteiger partial charge < -0.3 is 10.2 Å². The standard InChI is InChI=1S/C12H11Cl2NO/c13-9-3-1-2-8(6-9)7-11(15)10-4-5-16-12(10)14/h1-6,11H,7,15H2. The largest absolute Gasteiger partial charge is 0.453 e. The highest BCUT2D eigenvalue weighted by atomic mass is 35.5. The van der Waals surface area contributed by atoms with Gasteiger partial charge in [-0.05, 0) is 41.8 Å². The summed E-state index contributed by atoms with van der Waals surface area (Å²) < 4.78 is 5.01.